The van der Waals surface area contributed by atoms with E-state index in [1.807, 2.05) is 13.1 Å². The summed E-state index contributed by atoms with van der Waals surface area (Å²) in [6.45, 7) is 1.96. The molecule has 0 bridgehead atoms. The van der Waals surface area contributed by atoms with Gasteiger partial charge in [-0.1, -0.05) is 0 Å². The largest absolute Gasteiger partial charge is 0.393 e. The van der Waals surface area contributed by atoms with Gasteiger partial charge in [-0.2, -0.15) is 0 Å². The number of thiazole rings is 1. The van der Waals surface area contributed by atoms with Gasteiger partial charge in [0.1, 0.15) is 0 Å². The number of nitrogens with zero attached hydrogens (tertiary/aromatic N) is 1. The van der Waals surface area contributed by atoms with Crippen molar-refractivity contribution >= 4 is 11.3 Å². The van der Waals surface area contributed by atoms with Crippen LogP contribution in [-0.4, -0.2) is 16.2 Å². The van der Waals surface area contributed by atoms with Crippen molar-refractivity contribution in [3.8, 4) is 0 Å². The van der Waals surface area contributed by atoms with Gasteiger partial charge in [0.2, 0.25) is 0 Å². The first-order valence-electron chi connectivity index (χ1n) is 4.00. The van der Waals surface area contributed by atoms with Crippen molar-refractivity contribution in [1.29, 1.82) is 0 Å². The molecule has 1 aromatic rings. The topological polar surface area (TPSA) is 59.1 Å². The van der Waals surface area contributed by atoms with Gasteiger partial charge < -0.3 is 10.8 Å². The number of nitrogens with two attached hydrogens (primary N) is 1. The van der Waals surface area contributed by atoms with Crippen molar-refractivity contribution in [2.45, 2.75) is 31.4 Å². The Bertz CT molecular complexity index is 291. The molecule has 3 nitrogen and oxygen atoms in total. The first kappa shape index (κ1) is 8.16. The summed E-state index contributed by atoms with van der Waals surface area (Å²) >= 11 is 1.63. The Labute approximate surface area is 75.2 Å². The van der Waals surface area contributed by atoms with E-state index in [9.17, 15) is 0 Å². The van der Waals surface area contributed by atoms with E-state index in [1.54, 1.807) is 11.3 Å². The van der Waals surface area contributed by atoms with Crippen molar-refractivity contribution < 1.29 is 5.11 Å². The third kappa shape index (κ3) is 1.16. The number of aliphatic hydroxyl groups is 1. The van der Waals surface area contributed by atoms with Crippen LogP contribution in [0.4, 0.5) is 0 Å². The Morgan fingerprint density at radius 2 is 2.42 bits per heavy atom. The van der Waals surface area contributed by atoms with E-state index >= 15 is 0 Å². The van der Waals surface area contributed by atoms with Gasteiger partial charge in [0.05, 0.1) is 16.7 Å². The highest BCUT2D eigenvalue weighted by atomic mass is 32.1. The number of hydrogen-bond acceptors (Lipinski definition) is 4. The van der Waals surface area contributed by atoms with Crippen LogP contribution in [-0.2, 0) is 5.54 Å². The van der Waals surface area contributed by atoms with E-state index in [-0.39, 0.29) is 11.6 Å². The Hall–Kier alpha value is -0.450. The summed E-state index contributed by atoms with van der Waals surface area (Å²) in [6, 6.07) is 0. The fraction of sp³-hybridized carbons (Fsp3) is 0.625. The molecule has 1 fully saturated rings. The van der Waals surface area contributed by atoms with Gasteiger partial charge in [0.25, 0.3) is 0 Å². The lowest BCUT2D eigenvalue weighted by Crippen LogP contribution is -2.51. The quantitative estimate of drug-likeness (QED) is 0.677. The Morgan fingerprint density at radius 1 is 1.75 bits per heavy atom. The van der Waals surface area contributed by atoms with Crippen LogP contribution in [0.3, 0.4) is 0 Å². The Morgan fingerprint density at radius 3 is 2.83 bits per heavy atom. The molecule has 1 aliphatic carbocycles. The van der Waals surface area contributed by atoms with E-state index in [0.717, 1.165) is 9.88 Å². The Balaban J connectivity index is 2.20. The first-order chi connectivity index (χ1) is 5.60. The Kier molecular flexibility index (Phi) is 1.71. The lowest BCUT2D eigenvalue weighted by Gasteiger charge is -2.41. The smallest absolute Gasteiger partial charge is 0.0897 e. The minimum atomic E-state index is -0.286. The van der Waals surface area contributed by atoms with Gasteiger partial charge in [-0.15, -0.1) is 11.3 Å². The summed E-state index contributed by atoms with van der Waals surface area (Å²) in [7, 11) is 0. The fourth-order valence-corrected chi connectivity index (χ4v) is 2.47. The zero-order valence-corrected chi connectivity index (χ0v) is 7.77. The molecular weight excluding hydrogens is 172 g/mol. The molecule has 1 saturated carbocycles. The lowest BCUT2D eigenvalue weighted by molar-refractivity contribution is 0.0226. The normalized spacial score (nSPS) is 34.8. The van der Waals surface area contributed by atoms with Gasteiger partial charge in [-0.25, -0.2) is 4.98 Å². The lowest BCUT2D eigenvalue weighted by atomic mass is 9.74. The van der Waals surface area contributed by atoms with Crippen LogP contribution in [0.15, 0.2) is 6.20 Å². The average Bonchev–Trinajstić information content (AvgIpc) is 2.33. The predicted molar refractivity (Wildman–Crippen MR) is 48.0 cm³/mol. The summed E-state index contributed by atoms with van der Waals surface area (Å²) in [5.41, 5.74) is 5.75. The molecule has 0 saturated heterocycles. The van der Waals surface area contributed by atoms with Crippen LogP contribution in [0.5, 0.6) is 0 Å². The van der Waals surface area contributed by atoms with Crippen molar-refractivity contribution in [3.63, 3.8) is 0 Å². The van der Waals surface area contributed by atoms with E-state index in [0.29, 0.717) is 12.8 Å². The second-order valence-corrected chi connectivity index (χ2v) is 4.70. The molecule has 4 heteroatoms. The van der Waals surface area contributed by atoms with Gasteiger partial charge >= 0.3 is 0 Å². The summed E-state index contributed by atoms with van der Waals surface area (Å²) in [5.74, 6) is 0. The molecule has 1 aromatic heterocycles. The SMILES string of the molecule is Cc1ncc(C2(N)CC(O)C2)s1. The minimum Gasteiger partial charge on any atom is -0.393 e. The standard InChI is InChI=1S/C8H12N2OS/c1-5-10-4-7(12-5)8(9)2-6(11)3-8/h4,6,11H,2-3,9H2,1H3. The van der Waals surface area contributed by atoms with Crippen molar-refractivity contribution in [3.05, 3.63) is 16.1 Å². The molecule has 1 aliphatic rings. The summed E-state index contributed by atoms with van der Waals surface area (Å²) < 4.78 is 0. The van der Waals surface area contributed by atoms with Gasteiger partial charge in [0, 0.05) is 11.1 Å². The highest BCUT2D eigenvalue weighted by Gasteiger charge is 2.42. The molecule has 2 rings (SSSR count). The second kappa shape index (κ2) is 2.52. The number of hydrogen-bond donors (Lipinski definition) is 2. The summed E-state index contributed by atoms with van der Waals surface area (Å²) in [6.07, 6.45) is 2.97. The summed E-state index contributed by atoms with van der Waals surface area (Å²) in [4.78, 5) is 5.25. The average molecular weight is 184 g/mol. The molecular formula is C8H12N2OS. The van der Waals surface area contributed by atoms with E-state index < -0.39 is 0 Å². The molecule has 66 valence electrons. The van der Waals surface area contributed by atoms with Gasteiger partial charge in [0.15, 0.2) is 0 Å². The van der Waals surface area contributed by atoms with E-state index in [4.69, 9.17) is 10.8 Å². The maximum atomic E-state index is 9.16. The van der Waals surface area contributed by atoms with Crippen LogP contribution < -0.4 is 5.73 Å². The van der Waals surface area contributed by atoms with E-state index in [1.165, 1.54) is 0 Å². The third-order valence-corrected chi connectivity index (χ3v) is 3.44. The summed E-state index contributed by atoms with van der Waals surface area (Å²) in [5, 5.41) is 10.2. The molecule has 12 heavy (non-hydrogen) atoms. The fourth-order valence-electron chi connectivity index (χ4n) is 1.57. The number of rotatable bonds is 1. The first-order valence-corrected chi connectivity index (χ1v) is 4.82. The number of aryl methyl sites for hydroxylation is 1. The minimum absolute atomic E-state index is 0.211. The maximum absolute atomic E-state index is 9.16. The van der Waals surface area contributed by atoms with Crippen LogP contribution in [0.25, 0.3) is 0 Å². The van der Waals surface area contributed by atoms with Gasteiger partial charge in [-0.05, 0) is 19.8 Å². The second-order valence-electron chi connectivity index (χ2n) is 3.46. The zero-order chi connectivity index (χ0) is 8.77. The molecule has 3 N–H and O–H groups in total. The molecule has 0 spiro atoms. The molecule has 0 unspecified atom stereocenters. The highest BCUT2D eigenvalue weighted by molar-refractivity contribution is 7.11. The predicted octanol–water partition coefficient (Wildman–Crippen LogP) is 0.760. The molecule has 0 amide bonds. The molecule has 0 atom stereocenters. The monoisotopic (exact) mass is 184 g/mol. The van der Waals surface area contributed by atoms with Crippen LogP contribution in [0, 0.1) is 6.92 Å². The van der Waals surface area contributed by atoms with Crippen molar-refractivity contribution in [1.82, 2.24) is 4.98 Å². The third-order valence-electron chi connectivity index (χ3n) is 2.31. The van der Waals surface area contributed by atoms with Crippen molar-refractivity contribution in [2.75, 3.05) is 0 Å². The molecule has 0 aliphatic heterocycles. The molecule has 0 aromatic carbocycles. The highest BCUT2D eigenvalue weighted by Crippen LogP contribution is 2.41. The number of aromatic nitrogens is 1. The van der Waals surface area contributed by atoms with Crippen LogP contribution in [0.2, 0.25) is 0 Å². The number of aliphatic hydroxyl groups excluding tert-OH is 1. The van der Waals surface area contributed by atoms with Crippen LogP contribution >= 0.6 is 11.3 Å². The van der Waals surface area contributed by atoms with Crippen molar-refractivity contribution in [2.24, 2.45) is 5.73 Å². The zero-order valence-electron chi connectivity index (χ0n) is 6.95. The van der Waals surface area contributed by atoms with Gasteiger partial charge in [-0.3, -0.25) is 0 Å². The maximum Gasteiger partial charge on any atom is 0.0897 e. The molecule has 1 heterocycles. The molecule has 0 radical (unpaired) electrons. The van der Waals surface area contributed by atoms with Crippen LogP contribution in [0.1, 0.15) is 22.7 Å². The van der Waals surface area contributed by atoms with E-state index in [2.05, 4.69) is 4.98 Å².